The molecule has 0 aliphatic carbocycles. The molecular weight excluding hydrogens is 360 g/mol. The molecule has 0 bridgehead atoms. The van der Waals surface area contributed by atoms with Crippen molar-refractivity contribution < 1.29 is 0 Å². The molecule has 134 valence electrons. The normalized spacial score (nSPS) is 19.2. The lowest BCUT2D eigenvalue weighted by atomic mass is 9.88. The highest BCUT2D eigenvalue weighted by Gasteiger charge is 2.29. The van der Waals surface area contributed by atoms with Crippen molar-refractivity contribution in [1.82, 2.24) is 15.3 Å². The fraction of sp³-hybridized carbons (Fsp3) is 0.300. The first-order valence-corrected chi connectivity index (χ1v) is 10.4. The molecule has 4 heterocycles. The summed E-state index contributed by atoms with van der Waals surface area (Å²) in [4.78, 5) is 12.9. The third-order valence-corrected chi connectivity index (χ3v) is 6.55. The molecule has 3 aromatic heterocycles. The van der Waals surface area contributed by atoms with Gasteiger partial charge in [0, 0.05) is 39.6 Å². The fourth-order valence-electron chi connectivity index (χ4n) is 3.44. The second kappa shape index (κ2) is 6.85. The topological polar surface area (TPSA) is 49.8 Å². The molecule has 0 amide bonds. The van der Waals surface area contributed by atoms with Gasteiger partial charge in [0.1, 0.15) is 0 Å². The summed E-state index contributed by atoms with van der Waals surface area (Å²) < 4.78 is 0. The monoisotopic (exact) mass is 382 g/mol. The zero-order chi connectivity index (χ0) is 18.1. The molecule has 26 heavy (non-hydrogen) atoms. The second-order valence-electron chi connectivity index (χ2n) is 7.27. The molecule has 4 rings (SSSR count). The molecule has 0 radical (unpaired) electrons. The fourth-order valence-corrected chi connectivity index (χ4v) is 5.25. The van der Waals surface area contributed by atoms with Crippen LogP contribution >= 0.6 is 22.7 Å². The van der Waals surface area contributed by atoms with Crippen LogP contribution in [-0.2, 0) is 0 Å². The van der Waals surface area contributed by atoms with E-state index in [0.29, 0.717) is 12.0 Å². The highest BCUT2D eigenvalue weighted by molar-refractivity contribution is 7.23. The smallest absolute Gasteiger partial charge is 0.223 e. The van der Waals surface area contributed by atoms with Crippen molar-refractivity contribution in [2.75, 3.05) is 5.32 Å². The van der Waals surface area contributed by atoms with E-state index in [2.05, 4.69) is 65.7 Å². The summed E-state index contributed by atoms with van der Waals surface area (Å²) in [5, 5.41) is 9.05. The van der Waals surface area contributed by atoms with Gasteiger partial charge in [0.15, 0.2) is 0 Å². The molecular formula is C20H22N4S2. The largest absolute Gasteiger partial charge is 0.384 e. The minimum atomic E-state index is 0.0357. The molecule has 0 saturated carbocycles. The molecule has 0 spiro atoms. The lowest BCUT2D eigenvalue weighted by molar-refractivity contribution is 0.324. The number of anilines is 1. The van der Waals surface area contributed by atoms with Crippen molar-refractivity contribution in [2.45, 2.75) is 38.3 Å². The lowest BCUT2D eigenvalue weighted by Gasteiger charge is -2.38. The van der Waals surface area contributed by atoms with Gasteiger partial charge in [0.2, 0.25) is 5.95 Å². The van der Waals surface area contributed by atoms with Crippen LogP contribution < -0.4 is 10.6 Å². The number of thiophene rings is 2. The van der Waals surface area contributed by atoms with E-state index in [-0.39, 0.29) is 5.54 Å². The number of hydrogen-bond donors (Lipinski definition) is 2. The predicted molar refractivity (Wildman–Crippen MR) is 112 cm³/mol. The van der Waals surface area contributed by atoms with Crippen LogP contribution in [0, 0.1) is 0 Å². The van der Waals surface area contributed by atoms with Crippen molar-refractivity contribution in [3.63, 3.8) is 0 Å². The molecule has 1 aliphatic heterocycles. The second-order valence-corrected chi connectivity index (χ2v) is 9.30. The Bertz CT molecular complexity index is 912. The third-order valence-electron chi connectivity index (χ3n) is 4.38. The summed E-state index contributed by atoms with van der Waals surface area (Å²) in [5.74, 6) is 0.684. The van der Waals surface area contributed by atoms with Gasteiger partial charge in [-0.05, 0) is 49.9 Å². The Morgan fingerprint density at radius 1 is 1.19 bits per heavy atom. The maximum atomic E-state index is 4.75. The molecule has 1 saturated heterocycles. The average molecular weight is 383 g/mol. The first-order valence-electron chi connectivity index (χ1n) is 8.68. The predicted octanol–water partition coefficient (Wildman–Crippen LogP) is 5.39. The highest BCUT2D eigenvalue weighted by atomic mass is 32.1. The molecule has 3 aromatic rings. The minimum absolute atomic E-state index is 0.0357. The van der Waals surface area contributed by atoms with Crippen LogP contribution in [0.5, 0.6) is 0 Å². The number of nitrogens with zero attached hydrogens (tertiary/aromatic N) is 2. The first kappa shape index (κ1) is 17.2. The van der Waals surface area contributed by atoms with Crippen LogP contribution in [0.25, 0.3) is 20.3 Å². The van der Waals surface area contributed by atoms with Crippen LogP contribution in [-0.4, -0.2) is 21.5 Å². The molecule has 1 unspecified atom stereocenters. The number of nitrogens with one attached hydrogen (secondary N) is 2. The molecule has 1 aliphatic rings. The Morgan fingerprint density at radius 2 is 2.04 bits per heavy atom. The van der Waals surface area contributed by atoms with E-state index in [0.717, 1.165) is 29.1 Å². The van der Waals surface area contributed by atoms with Gasteiger partial charge < -0.3 is 10.6 Å². The summed E-state index contributed by atoms with van der Waals surface area (Å²) in [6.45, 7) is 8.50. The third kappa shape index (κ3) is 3.81. The standard InChI is InChI=1S/C20H22N4S2/c1-13-11-14(12-20(2,3)24-13)22-19-21-9-8-15(23-19)16-6-7-18(26-16)17-5-4-10-25-17/h4-10,14,24H,1,11-12H2,2-3H3,(H,21,22,23). The summed E-state index contributed by atoms with van der Waals surface area (Å²) in [6, 6.07) is 10.8. The first-order chi connectivity index (χ1) is 12.5. The Morgan fingerprint density at radius 3 is 2.81 bits per heavy atom. The number of aromatic nitrogens is 2. The van der Waals surface area contributed by atoms with Crippen LogP contribution in [0.4, 0.5) is 5.95 Å². The number of hydrogen-bond acceptors (Lipinski definition) is 6. The van der Waals surface area contributed by atoms with Gasteiger partial charge in [-0.2, -0.15) is 0 Å². The van der Waals surface area contributed by atoms with Gasteiger partial charge in [-0.15, -0.1) is 22.7 Å². The summed E-state index contributed by atoms with van der Waals surface area (Å²) in [5.41, 5.74) is 2.06. The summed E-state index contributed by atoms with van der Waals surface area (Å²) in [6.07, 6.45) is 3.72. The van der Waals surface area contributed by atoms with Crippen molar-refractivity contribution >= 4 is 28.6 Å². The lowest BCUT2D eigenvalue weighted by Crippen LogP contribution is -2.48. The molecule has 0 aromatic carbocycles. The van der Waals surface area contributed by atoms with E-state index < -0.39 is 0 Å². The van der Waals surface area contributed by atoms with Gasteiger partial charge >= 0.3 is 0 Å². The molecule has 2 N–H and O–H groups in total. The summed E-state index contributed by atoms with van der Waals surface area (Å²) >= 11 is 3.53. The van der Waals surface area contributed by atoms with Gasteiger partial charge in [-0.1, -0.05) is 12.6 Å². The Labute approximate surface area is 162 Å². The molecule has 1 atom stereocenters. The van der Waals surface area contributed by atoms with Crippen molar-refractivity contribution in [3.05, 3.63) is 54.2 Å². The molecule has 1 fully saturated rings. The summed E-state index contributed by atoms with van der Waals surface area (Å²) in [7, 11) is 0. The van der Waals surface area contributed by atoms with Crippen LogP contribution in [0.15, 0.2) is 54.2 Å². The quantitative estimate of drug-likeness (QED) is 0.635. The maximum absolute atomic E-state index is 4.75. The van der Waals surface area contributed by atoms with Gasteiger partial charge in [0.25, 0.3) is 0 Å². The van der Waals surface area contributed by atoms with Crippen molar-refractivity contribution in [1.29, 1.82) is 0 Å². The zero-order valence-electron chi connectivity index (χ0n) is 15.0. The SMILES string of the molecule is C=C1CC(Nc2nccc(-c3ccc(-c4cccs4)s3)n2)CC(C)(C)N1. The van der Waals surface area contributed by atoms with E-state index in [1.54, 1.807) is 22.7 Å². The Hall–Kier alpha value is -2.18. The maximum Gasteiger partial charge on any atom is 0.223 e. The van der Waals surface area contributed by atoms with E-state index in [4.69, 9.17) is 4.98 Å². The van der Waals surface area contributed by atoms with E-state index in [9.17, 15) is 0 Å². The van der Waals surface area contributed by atoms with Gasteiger partial charge in [-0.3, -0.25) is 0 Å². The Kier molecular flexibility index (Phi) is 4.54. The molecule has 4 nitrogen and oxygen atoms in total. The van der Waals surface area contributed by atoms with Crippen molar-refractivity contribution in [2.24, 2.45) is 0 Å². The Balaban J connectivity index is 1.53. The van der Waals surface area contributed by atoms with Gasteiger partial charge in [0.05, 0.1) is 10.6 Å². The minimum Gasteiger partial charge on any atom is -0.384 e. The molecule has 6 heteroatoms. The van der Waals surface area contributed by atoms with E-state index in [1.807, 2.05) is 12.3 Å². The van der Waals surface area contributed by atoms with Crippen molar-refractivity contribution in [3.8, 4) is 20.3 Å². The number of rotatable bonds is 4. The average Bonchev–Trinajstić information content (AvgIpc) is 3.25. The van der Waals surface area contributed by atoms with Crippen LogP contribution in [0.1, 0.15) is 26.7 Å². The zero-order valence-corrected chi connectivity index (χ0v) is 16.6. The number of piperidine rings is 1. The highest BCUT2D eigenvalue weighted by Crippen LogP contribution is 2.36. The van der Waals surface area contributed by atoms with Gasteiger partial charge in [-0.25, -0.2) is 9.97 Å². The van der Waals surface area contributed by atoms with E-state index in [1.165, 1.54) is 9.75 Å². The van der Waals surface area contributed by atoms with Crippen LogP contribution in [0.2, 0.25) is 0 Å². The van der Waals surface area contributed by atoms with Crippen LogP contribution in [0.3, 0.4) is 0 Å². The van der Waals surface area contributed by atoms with E-state index >= 15 is 0 Å².